The van der Waals surface area contributed by atoms with Crippen molar-refractivity contribution in [2.24, 2.45) is 0 Å². The molecule has 0 aliphatic heterocycles. The molecule has 0 radical (unpaired) electrons. The summed E-state index contributed by atoms with van der Waals surface area (Å²) < 4.78 is 5.36. The summed E-state index contributed by atoms with van der Waals surface area (Å²) in [5.74, 6) is 1.48. The Morgan fingerprint density at radius 1 is 1.21 bits per heavy atom. The monoisotopic (exact) mass is 258 g/mol. The van der Waals surface area contributed by atoms with E-state index in [4.69, 9.17) is 10.5 Å². The van der Waals surface area contributed by atoms with E-state index in [1.807, 2.05) is 18.2 Å². The lowest BCUT2D eigenvalue weighted by molar-refractivity contribution is 0.416. The molecule has 0 aliphatic carbocycles. The Labute approximate surface area is 112 Å². The summed E-state index contributed by atoms with van der Waals surface area (Å²) in [6.45, 7) is 4.25. The van der Waals surface area contributed by atoms with E-state index < -0.39 is 0 Å². The summed E-state index contributed by atoms with van der Waals surface area (Å²) in [6.07, 6.45) is 0. The van der Waals surface area contributed by atoms with Crippen molar-refractivity contribution in [1.29, 1.82) is 0 Å². The molecule has 19 heavy (non-hydrogen) atoms. The Hall–Kier alpha value is -2.23. The van der Waals surface area contributed by atoms with Gasteiger partial charge in [-0.25, -0.2) is 0 Å². The van der Waals surface area contributed by atoms with Gasteiger partial charge in [-0.15, -0.1) is 0 Å². The highest BCUT2D eigenvalue weighted by Gasteiger charge is 2.10. The minimum atomic E-state index is -0.216. The number of nitrogen functional groups attached to an aromatic ring is 1. The van der Waals surface area contributed by atoms with E-state index in [9.17, 15) is 4.79 Å². The fourth-order valence-corrected chi connectivity index (χ4v) is 2.03. The smallest absolute Gasteiger partial charge is 0.250 e. The number of ether oxygens (including phenoxy) is 1. The number of hydrogen-bond acceptors (Lipinski definition) is 3. The second-order valence-corrected chi connectivity index (χ2v) is 4.80. The van der Waals surface area contributed by atoms with E-state index in [2.05, 4.69) is 18.8 Å². The first-order valence-electron chi connectivity index (χ1n) is 6.19. The number of nitrogens with one attached hydrogen (secondary N) is 1. The number of pyridine rings is 1. The lowest BCUT2D eigenvalue weighted by Crippen LogP contribution is -2.07. The quantitative estimate of drug-likeness (QED) is 0.889. The maximum Gasteiger partial charge on any atom is 0.250 e. The average molecular weight is 258 g/mol. The maximum atomic E-state index is 11.5. The SMILES string of the molecule is COc1ccc(C(C)C)cc1-c1cc(N)[nH]c(=O)c1. The Morgan fingerprint density at radius 3 is 2.53 bits per heavy atom. The van der Waals surface area contributed by atoms with Gasteiger partial charge in [0.15, 0.2) is 0 Å². The molecule has 1 aromatic carbocycles. The number of anilines is 1. The highest BCUT2D eigenvalue weighted by molar-refractivity contribution is 5.72. The molecule has 0 saturated heterocycles. The molecule has 4 nitrogen and oxygen atoms in total. The van der Waals surface area contributed by atoms with Crippen LogP contribution in [0.4, 0.5) is 5.82 Å². The van der Waals surface area contributed by atoms with E-state index in [-0.39, 0.29) is 5.56 Å². The van der Waals surface area contributed by atoms with Gasteiger partial charge in [0.2, 0.25) is 5.56 Å². The molecule has 0 atom stereocenters. The molecule has 0 spiro atoms. The van der Waals surface area contributed by atoms with Crippen LogP contribution in [0.25, 0.3) is 11.1 Å². The molecule has 1 heterocycles. The van der Waals surface area contributed by atoms with Crippen molar-refractivity contribution < 1.29 is 4.74 Å². The van der Waals surface area contributed by atoms with Gasteiger partial charge in [0.1, 0.15) is 11.6 Å². The molecule has 0 aliphatic rings. The van der Waals surface area contributed by atoms with Crippen LogP contribution in [0.1, 0.15) is 25.3 Å². The minimum Gasteiger partial charge on any atom is -0.496 e. The van der Waals surface area contributed by atoms with Crippen LogP contribution < -0.4 is 16.0 Å². The van der Waals surface area contributed by atoms with Crippen LogP contribution in [-0.4, -0.2) is 12.1 Å². The molecule has 0 fully saturated rings. The third kappa shape index (κ3) is 2.78. The Bertz CT molecular complexity index is 645. The van der Waals surface area contributed by atoms with Gasteiger partial charge in [-0.05, 0) is 35.2 Å². The summed E-state index contributed by atoms with van der Waals surface area (Å²) in [5, 5.41) is 0. The summed E-state index contributed by atoms with van der Waals surface area (Å²) in [7, 11) is 1.62. The van der Waals surface area contributed by atoms with Crippen LogP contribution in [0.3, 0.4) is 0 Å². The predicted molar refractivity (Wildman–Crippen MR) is 77.6 cm³/mol. The van der Waals surface area contributed by atoms with Crippen LogP contribution >= 0.6 is 0 Å². The molecule has 100 valence electrons. The normalized spacial score (nSPS) is 10.7. The van der Waals surface area contributed by atoms with E-state index in [0.717, 1.165) is 16.9 Å². The van der Waals surface area contributed by atoms with Crippen molar-refractivity contribution in [3.8, 4) is 16.9 Å². The largest absolute Gasteiger partial charge is 0.496 e. The van der Waals surface area contributed by atoms with Gasteiger partial charge in [-0.3, -0.25) is 4.79 Å². The molecule has 0 bridgehead atoms. The van der Waals surface area contributed by atoms with Gasteiger partial charge in [-0.2, -0.15) is 0 Å². The first kappa shape index (κ1) is 13.2. The number of H-pyrrole nitrogens is 1. The first-order valence-corrected chi connectivity index (χ1v) is 6.19. The van der Waals surface area contributed by atoms with Crippen LogP contribution in [0, 0.1) is 0 Å². The Morgan fingerprint density at radius 2 is 1.95 bits per heavy atom. The molecule has 2 rings (SSSR count). The number of aromatic amines is 1. The molecule has 4 heteroatoms. The van der Waals surface area contributed by atoms with Crippen LogP contribution in [0.15, 0.2) is 35.1 Å². The molecule has 0 saturated carbocycles. The minimum absolute atomic E-state index is 0.216. The summed E-state index contributed by atoms with van der Waals surface area (Å²) in [6, 6.07) is 9.25. The zero-order valence-electron chi connectivity index (χ0n) is 11.4. The second kappa shape index (κ2) is 5.18. The second-order valence-electron chi connectivity index (χ2n) is 4.80. The van der Waals surface area contributed by atoms with E-state index in [0.29, 0.717) is 11.7 Å². The van der Waals surface area contributed by atoms with Crippen molar-refractivity contribution >= 4 is 5.82 Å². The number of methoxy groups -OCH3 is 1. The molecule has 1 aromatic heterocycles. The standard InChI is InChI=1S/C15H18N2O2/c1-9(2)10-4-5-13(19-3)12(6-10)11-7-14(16)17-15(18)8-11/h4-9H,1-3H3,(H3,16,17,18). The number of aromatic nitrogens is 1. The van der Waals surface area contributed by atoms with Gasteiger partial charge in [0.25, 0.3) is 0 Å². The number of nitrogens with two attached hydrogens (primary N) is 1. The maximum absolute atomic E-state index is 11.5. The average Bonchev–Trinajstić information content (AvgIpc) is 2.36. The van der Waals surface area contributed by atoms with E-state index in [1.165, 1.54) is 11.6 Å². The van der Waals surface area contributed by atoms with Crippen molar-refractivity contribution in [3.05, 3.63) is 46.2 Å². The highest BCUT2D eigenvalue weighted by atomic mass is 16.5. The third-order valence-corrected chi connectivity index (χ3v) is 3.07. The predicted octanol–water partition coefficient (Wildman–Crippen LogP) is 2.76. The lowest BCUT2D eigenvalue weighted by atomic mass is 9.97. The van der Waals surface area contributed by atoms with Gasteiger partial charge < -0.3 is 15.5 Å². The number of rotatable bonds is 3. The Balaban J connectivity index is 2.64. The summed E-state index contributed by atoms with van der Waals surface area (Å²) in [5.41, 5.74) is 8.31. The zero-order valence-corrected chi connectivity index (χ0v) is 11.4. The lowest BCUT2D eigenvalue weighted by Gasteiger charge is -2.13. The van der Waals surface area contributed by atoms with Gasteiger partial charge in [0, 0.05) is 11.6 Å². The third-order valence-electron chi connectivity index (χ3n) is 3.07. The molecule has 3 N–H and O–H groups in total. The van der Waals surface area contributed by atoms with Crippen molar-refractivity contribution in [2.75, 3.05) is 12.8 Å². The summed E-state index contributed by atoms with van der Waals surface area (Å²) in [4.78, 5) is 14.1. The highest BCUT2D eigenvalue weighted by Crippen LogP contribution is 2.32. The fourth-order valence-electron chi connectivity index (χ4n) is 2.03. The molecule has 0 unspecified atom stereocenters. The topological polar surface area (TPSA) is 68.1 Å². The first-order chi connectivity index (χ1) is 9.01. The van der Waals surface area contributed by atoms with E-state index >= 15 is 0 Å². The zero-order chi connectivity index (χ0) is 14.0. The van der Waals surface area contributed by atoms with Crippen molar-refractivity contribution in [1.82, 2.24) is 4.98 Å². The van der Waals surface area contributed by atoms with Crippen LogP contribution in [-0.2, 0) is 0 Å². The van der Waals surface area contributed by atoms with Gasteiger partial charge in [0.05, 0.1) is 7.11 Å². The number of benzene rings is 1. The molecular weight excluding hydrogens is 240 g/mol. The Kier molecular flexibility index (Phi) is 3.60. The molecule has 0 amide bonds. The van der Waals surface area contributed by atoms with Crippen LogP contribution in [0.5, 0.6) is 5.75 Å². The molecule has 2 aromatic rings. The fraction of sp³-hybridized carbons (Fsp3) is 0.267. The summed E-state index contributed by atoms with van der Waals surface area (Å²) >= 11 is 0. The van der Waals surface area contributed by atoms with E-state index in [1.54, 1.807) is 13.2 Å². The number of hydrogen-bond donors (Lipinski definition) is 2. The van der Waals surface area contributed by atoms with Crippen molar-refractivity contribution in [2.45, 2.75) is 19.8 Å². The molecular formula is C15H18N2O2. The van der Waals surface area contributed by atoms with Gasteiger partial charge in [-0.1, -0.05) is 19.9 Å². The van der Waals surface area contributed by atoms with Gasteiger partial charge >= 0.3 is 0 Å². The van der Waals surface area contributed by atoms with Crippen molar-refractivity contribution in [3.63, 3.8) is 0 Å². The van der Waals surface area contributed by atoms with Crippen LogP contribution in [0.2, 0.25) is 0 Å².